The minimum Gasteiger partial charge on any atom is -0.474 e. The van der Waals surface area contributed by atoms with Crippen LogP contribution >= 0.6 is 0 Å². The third-order valence-corrected chi connectivity index (χ3v) is 7.79. The van der Waals surface area contributed by atoms with Crippen LogP contribution in [0.2, 0.25) is 0 Å². The quantitative estimate of drug-likeness (QED) is 0.507. The molecule has 0 radical (unpaired) electrons. The maximum Gasteiger partial charge on any atom is 0.410 e. The van der Waals surface area contributed by atoms with Crippen LogP contribution in [0.15, 0.2) is 12.1 Å². The molecular formula is C30H48N4O5. The van der Waals surface area contributed by atoms with Crippen molar-refractivity contribution in [3.8, 4) is 5.88 Å². The lowest BCUT2D eigenvalue weighted by molar-refractivity contribution is 0.0252. The molecule has 1 unspecified atom stereocenters. The zero-order valence-corrected chi connectivity index (χ0v) is 25.5. The van der Waals surface area contributed by atoms with Crippen molar-refractivity contribution in [1.82, 2.24) is 15.2 Å². The lowest BCUT2D eigenvalue weighted by Gasteiger charge is -2.38. The smallest absolute Gasteiger partial charge is 0.410 e. The van der Waals surface area contributed by atoms with Gasteiger partial charge < -0.3 is 29.3 Å². The zero-order valence-electron chi connectivity index (χ0n) is 25.5. The molecule has 9 nitrogen and oxygen atoms in total. The van der Waals surface area contributed by atoms with E-state index in [1.807, 2.05) is 61.5 Å². The van der Waals surface area contributed by atoms with Gasteiger partial charge in [-0.25, -0.2) is 9.59 Å². The Labute approximate surface area is 233 Å². The Hall–Kier alpha value is -2.71. The van der Waals surface area contributed by atoms with Crippen LogP contribution < -0.4 is 15.0 Å². The second-order valence-electron chi connectivity index (χ2n) is 14.8. The lowest BCUT2D eigenvalue weighted by atomic mass is 9.82. The van der Waals surface area contributed by atoms with Crippen LogP contribution in [0.4, 0.5) is 15.4 Å². The maximum absolute atomic E-state index is 12.7. The molecule has 3 fully saturated rings. The molecular weight excluding hydrogens is 496 g/mol. The summed E-state index contributed by atoms with van der Waals surface area (Å²) >= 11 is 0. The van der Waals surface area contributed by atoms with Crippen LogP contribution in [0.3, 0.4) is 0 Å². The minimum absolute atomic E-state index is 0.0153. The van der Waals surface area contributed by atoms with Crippen molar-refractivity contribution in [3.05, 3.63) is 17.7 Å². The van der Waals surface area contributed by atoms with Gasteiger partial charge in [0.2, 0.25) is 5.88 Å². The van der Waals surface area contributed by atoms with Crippen molar-refractivity contribution < 1.29 is 23.8 Å². The van der Waals surface area contributed by atoms with E-state index in [1.54, 1.807) is 4.90 Å². The van der Waals surface area contributed by atoms with E-state index in [9.17, 15) is 9.59 Å². The molecule has 0 spiro atoms. The van der Waals surface area contributed by atoms with Crippen LogP contribution in [-0.2, 0) is 15.0 Å². The highest BCUT2D eigenvalue weighted by atomic mass is 16.6. The van der Waals surface area contributed by atoms with Gasteiger partial charge in [0.15, 0.2) is 0 Å². The number of aromatic nitrogens is 1. The van der Waals surface area contributed by atoms with Crippen LogP contribution in [0, 0.1) is 17.3 Å². The summed E-state index contributed by atoms with van der Waals surface area (Å²) in [6.07, 6.45) is 1.46. The van der Waals surface area contributed by atoms with Crippen LogP contribution in [-0.4, -0.2) is 65.6 Å². The number of fused-ring (bicyclic) bond motifs is 1. The number of alkyl carbamates (subject to hydrolysis) is 1. The van der Waals surface area contributed by atoms with Crippen molar-refractivity contribution in [2.45, 2.75) is 105 Å². The second kappa shape index (κ2) is 10.0. The largest absolute Gasteiger partial charge is 0.474 e. The Balaban J connectivity index is 1.50. The standard InChI is InChI=1S/C30H48N4O5/c1-27(2,3)38-25(35)32-30(9,10)19-15-22(33-13-11-29(7,8)12-14-33)31-23(16-19)37-24-20-17-34(18-21(20)24)26(36)39-28(4,5)6/h15-16,20-21,24H,11-14,17-18H2,1-10H3,(H,32,35)/t20-,21+,24?. The molecule has 1 aliphatic carbocycles. The molecule has 4 rings (SSSR count). The van der Waals surface area contributed by atoms with Gasteiger partial charge in [-0.3, -0.25) is 0 Å². The lowest BCUT2D eigenvalue weighted by Crippen LogP contribution is -2.44. The molecule has 218 valence electrons. The predicted octanol–water partition coefficient (Wildman–Crippen LogP) is 5.71. The third kappa shape index (κ3) is 7.48. The number of piperidine rings is 2. The number of amides is 2. The topological polar surface area (TPSA) is 93.2 Å². The first-order chi connectivity index (χ1) is 17.8. The number of likely N-dealkylation sites (tertiary alicyclic amines) is 1. The number of carbonyl (C=O) groups excluding carboxylic acids is 2. The molecule has 1 aromatic heterocycles. The fourth-order valence-corrected chi connectivity index (χ4v) is 5.31. The molecule has 2 aliphatic heterocycles. The van der Waals surface area contributed by atoms with Gasteiger partial charge >= 0.3 is 12.2 Å². The molecule has 3 aliphatic rings. The third-order valence-electron chi connectivity index (χ3n) is 7.79. The molecule has 2 amide bonds. The van der Waals surface area contributed by atoms with Gasteiger partial charge in [0.25, 0.3) is 0 Å². The normalized spacial score (nSPS) is 24.6. The number of hydrogen-bond donors (Lipinski definition) is 1. The Bertz CT molecular complexity index is 1070. The number of ether oxygens (including phenoxy) is 3. The second-order valence-corrected chi connectivity index (χ2v) is 14.8. The monoisotopic (exact) mass is 544 g/mol. The average molecular weight is 545 g/mol. The number of pyridine rings is 1. The summed E-state index contributed by atoms with van der Waals surface area (Å²) in [4.78, 5) is 34.1. The van der Waals surface area contributed by atoms with Crippen LogP contribution in [0.25, 0.3) is 0 Å². The van der Waals surface area contributed by atoms with Crippen molar-refractivity contribution in [1.29, 1.82) is 0 Å². The number of rotatable bonds is 5. The van der Waals surface area contributed by atoms with E-state index in [4.69, 9.17) is 19.2 Å². The number of anilines is 1. The predicted molar refractivity (Wildman–Crippen MR) is 151 cm³/mol. The number of nitrogens with zero attached hydrogens (tertiary/aromatic N) is 3. The number of hydrogen-bond acceptors (Lipinski definition) is 7. The highest BCUT2D eigenvalue weighted by molar-refractivity contribution is 5.69. The maximum atomic E-state index is 12.7. The summed E-state index contributed by atoms with van der Waals surface area (Å²) in [7, 11) is 0. The van der Waals surface area contributed by atoms with Gasteiger partial charge in [-0.2, -0.15) is 4.98 Å². The summed E-state index contributed by atoms with van der Waals surface area (Å²) < 4.78 is 17.5. The molecule has 3 atom stereocenters. The molecule has 1 saturated carbocycles. The first kappa shape index (κ1) is 29.3. The Morgan fingerprint density at radius 1 is 0.923 bits per heavy atom. The average Bonchev–Trinajstić information content (AvgIpc) is 3.18. The van der Waals surface area contributed by atoms with Crippen molar-refractivity contribution in [2.75, 3.05) is 31.1 Å². The van der Waals surface area contributed by atoms with E-state index >= 15 is 0 Å². The summed E-state index contributed by atoms with van der Waals surface area (Å²) in [6.45, 7) is 22.8. The zero-order chi connectivity index (χ0) is 29.0. The van der Waals surface area contributed by atoms with Gasteiger partial charge in [0.05, 0.1) is 5.54 Å². The molecule has 3 heterocycles. The summed E-state index contributed by atoms with van der Waals surface area (Å²) in [5.41, 5.74) is -0.588. The summed E-state index contributed by atoms with van der Waals surface area (Å²) in [5, 5.41) is 3.02. The highest BCUT2D eigenvalue weighted by Crippen LogP contribution is 2.48. The molecule has 0 bridgehead atoms. The van der Waals surface area contributed by atoms with E-state index < -0.39 is 22.8 Å². The fraction of sp³-hybridized carbons (Fsp3) is 0.767. The molecule has 2 saturated heterocycles. The highest BCUT2D eigenvalue weighted by Gasteiger charge is 2.59. The SMILES string of the molecule is CC1(C)CCN(c2cc(C(C)(C)NC(=O)OC(C)(C)C)cc(OC3[C@H]4CN(C(=O)OC(C)(C)C)C[C@@H]34)n2)CC1. The van der Waals surface area contributed by atoms with E-state index in [1.165, 1.54) is 0 Å². The van der Waals surface area contributed by atoms with Crippen LogP contribution in [0.1, 0.15) is 87.6 Å². The van der Waals surface area contributed by atoms with Crippen molar-refractivity contribution in [3.63, 3.8) is 0 Å². The fourth-order valence-electron chi connectivity index (χ4n) is 5.31. The van der Waals surface area contributed by atoms with Gasteiger partial charge in [0, 0.05) is 44.1 Å². The molecule has 0 aromatic carbocycles. The van der Waals surface area contributed by atoms with E-state index in [0.717, 1.165) is 37.3 Å². The van der Waals surface area contributed by atoms with Gasteiger partial charge in [-0.05, 0) is 85.3 Å². The minimum atomic E-state index is -0.708. The van der Waals surface area contributed by atoms with E-state index in [-0.39, 0.29) is 24.0 Å². The molecule has 39 heavy (non-hydrogen) atoms. The van der Waals surface area contributed by atoms with Crippen molar-refractivity contribution >= 4 is 18.0 Å². The summed E-state index contributed by atoms with van der Waals surface area (Å²) in [5.74, 6) is 1.96. The first-order valence-electron chi connectivity index (χ1n) is 14.3. The first-order valence-corrected chi connectivity index (χ1v) is 14.3. The number of nitrogens with one attached hydrogen (secondary N) is 1. The van der Waals surface area contributed by atoms with Gasteiger partial charge in [0.1, 0.15) is 23.1 Å². The van der Waals surface area contributed by atoms with E-state index in [0.29, 0.717) is 24.4 Å². The summed E-state index contributed by atoms with van der Waals surface area (Å²) in [6, 6.07) is 3.98. The molecule has 9 heteroatoms. The Morgan fingerprint density at radius 3 is 2.03 bits per heavy atom. The van der Waals surface area contributed by atoms with Gasteiger partial charge in [-0.1, -0.05) is 13.8 Å². The molecule has 1 aromatic rings. The Kier molecular flexibility index (Phi) is 7.54. The van der Waals surface area contributed by atoms with Crippen molar-refractivity contribution in [2.24, 2.45) is 17.3 Å². The van der Waals surface area contributed by atoms with E-state index in [2.05, 4.69) is 30.1 Å². The molecule has 1 N–H and O–H groups in total. The van der Waals surface area contributed by atoms with Crippen LogP contribution in [0.5, 0.6) is 5.88 Å². The number of carbonyl (C=O) groups is 2. The Morgan fingerprint density at radius 2 is 1.49 bits per heavy atom. The van der Waals surface area contributed by atoms with Gasteiger partial charge in [-0.15, -0.1) is 0 Å².